The van der Waals surface area contributed by atoms with Crippen LogP contribution >= 0.6 is 0 Å². The highest BCUT2D eigenvalue weighted by Crippen LogP contribution is 2.18. The average Bonchev–Trinajstić information content (AvgIpc) is 2.24. The Hall–Kier alpha value is -0.940. The van der Waals surface area contributed by atoms with Gasteiger partial charge >= 0.3 is 0 Å². The van der Waals surface area contributed by atoms with Crippen LogP contribution in [0, 0.1) is 5.41 Å². The van der Waals surface area contributed by atoms with Crippen LogP contribution in [0.1, 0.15) is 40.0 Å². The quantitative estimate of drug-likeness (QED) is 0.599. The third-order valence-corrected chi connectivity index (χ3v) is 2.39. The van der Waals surface area contributed by atoms with Gasteiger partial charge in [-0.15, -0.1) is 0 Å². The van der Waals surface area contributed by atoms with E-state index >= 15 is 0 Å². The molecule has 1 unspecified atom stereocenters. The first kappa shape index (κ1) is 16.1. The van der Waals surface area contributed by atoms with Crippen LogP contribution in [0.3, 0.4) is 0 Å². The minimum atomic E-state index is -0.921. The lowest BCUT2D eigenvalue weighted by Gasteiger charge is -2.16. The van der Waals surface area contributed by atoms with Crippen molar-refractivity contribution in [1.29, 1.82) is 0 Å². The Morgan fingerprint density at radius 1 is 1.24 bits per heavy atom. The molecule has 0 aliphatic heterocycles. The van der Waals surface area contributed by atoms with E-state index in [-0.39, 0.29) is 36.7 Å². The molecule has 0 heterocycles. The van der Waals surface area contributed by atoms with Gasteiger partial charge in [0.1, 0.15) is 5.78 Å². The van der Waals surface area contributed by atoms with E-state index < -0.39 is 6.10 Å². The molecule has 0 aliphatic rings. The summed E-state index contributed by atoms with van der Waals surface area (Å²) in [6.07, 6.45) is 0.242. The fourth-order valence-corrected chi connectivity index (χ4v) is 1.17. The molecule has 0 radical (unpaired) electrons. The maximum Gasteiger partial charge on any atom is 0.220 e. The van der Waals surface area contributed by atoms with E-state index in [2.05, 4.69) is 5.32 Å². The van der Waals surface area contributed by atoms with E-state index in [9.17, 15) is 9.59 Å². The van der Waals surface area contributed by atoms with Gasteiger partial charge in [-0.3, -0.25) is 9.59 Å². The van der Waals surface area contributed by atoms with Crippen molar-refractivity contribution in [2.45, 2.75) is 46.1 Å². The number of hydrogen-bond acceptors (Lipinski definition) is 4. The standard InChI is InChI=1S/C12H23NO4/c1-12(2,3)10(16)5-4-6-11(17)13-7-9(15)8-14/h9,14-15H,4-8H2,1-3H3,(H,13,17). The smallest absolute Gasteiger partial charge is 0.220 e. The molecule has 0 fully saturated rings. The molecule has 5 heteroatoms. The number of aliphatic hydroxyl groups is 2. The van der Waals surface area contributed by atoms with E-state index in [1.54, 1.807) is 0 Å². The molecule has 0 aromatic carbocycles. The Morgan fingerprint density at radius 2 is 1.82 bits per heavy atom. The normalized spacial score (nSPS) is 13.2. The van der Waals surface area contributed by atoms with Gasteiger partial charge in [0.25, 0.3) is 0 Å². The molecule has 5 nitrogen and oxygen atoms in total. The predicted octanol–water partition coefficient (Wildman–Crippen LogP) is 0.241. The summed E-state index contributed by atoms with van der Waals surface area (Å²) in [5, 5.41) is 20.0. The summed E-state index contributed by atoms with van der Waals surface area (Å²) in [7, 11) is 0. The van der Waals surface area contributed by atoms with Crippen molar-refractivity contribution in [3.63, 3.8) is 0 Å². The molecule has 1 atom stereocenters. The van der Waals surface area contributed by atoms with Crippen LogP contribution in [-0.4, -0.2) is 41.2 Å². The number of carbonyl (C=O) groups excluding carboxylic acids is 2. The van der Waals surface area contributed by atoms with Crippen LogP contribution in [0.25, 0.3) is 0 Å². The molecule has 0 aromatic rings. The van der Waals surface area contributed by atoms with Crippen molar-refractivity contribution >= 4 is 11.7 Å². The topological polar surface area (TPSA) is 86.6 Å². The van der Waals surface area contributed by atoms with Crippen molar-refractivity contribution < 1.29 is 19.8 Å². The first-order valence-electron chi connectivity index (χ1n) is 5.86. The summed E-state index contributed by atoms with van der Waals surface area (Å²) < 4.78 is 0. The minimum Gasteiger partial charge on any atom is -0.394 e. The van der Waals surface area contributed by atoms with Crippen molar-refractivity contribution in [3.05, 3.63) is 0 Å². The van der Waals surface area contributed by atoms with Crippen LogP contribution < -0.4 is 5.32 Å². The van der Waals surface area contributed by atoms with Crippen molar-refractivity contribution in [2.75, 3.05) is 13.2 Å². The van der Waals surface area contributed by atoms with Gasteiger partial charge in [-0.05, 0) is 6.42 Å². The zero-order valence-corrected chi connectivity index (χ0v) is 10.8. The molecular formula is C12H23NO4. The van der Waals surface area contributed by atoms with E-state index in [0.29, 0.717) is 12.8 Å². The first-order chi connectivity index (χ1) is 7.77. The number of Topliss-reactive ketones (excluding diaryl/α,β-unsaturated/α-hetero) is 1. The number of carbonyl (C=O) groups is 2. The number of amides is 1. The highest BCUT2D eigenvalue weighted by Gasteiger charge is 2.20. The molecule has 0 saturated heterocycles. The van der Waals surface area contributed by atoms with E-state index in [0.717, 1.165) is 0 Å². The molecule has 17 heavy (non-hydrogen) atoms. The van der Waals surface area contributed by atoms with Crippen LogP contribution in [0.2, 0.25) is 0 Å². The molecule has 1 amide bonds. The SMILES string of the molecule is CC(C)(C)C(=O)CCCC(=O)NCC(O)CO. The van der Waals surface area contributed by atoms with Crippen LogP contribution in [-0.2, 0) is 9.59 Å². The van der Waals surface area contributed by atoms with Gasteiger partial charge in [0.05, 0.1) is 12.7 Å². The zero-order valence-electron chi connectivity index (χ0n) is 10.8. The van der Waals surface area contributed by atoms with E-state index in [1.165, 1.54) is 0 Å². The second kappa shape index (κ2) is 7.40. The monoisotopic (exact) mass is 245 g/mol. The van der Waals surface area contributed by atoms with Crippen molar-refractivity contribution in [2.24, 2.45) is 5.41 Å². The molecule has 0 aliphatic carbocycles. The second-order valence-corrected chi connectivity index (χ2v) is 5.17. The Labute approximate surface area is 102 Å². The van der Waals surface area contributed by atoms with Gasteiger partial charge in [0, 0.05) is 24.8 Å². The Balaban J connectivity index is 3.69. The fourth-order valence-electron chi connectivity index (χ4n) is 1.17. The predicted molar refractivity (Wildman–Crippen MR) is 64.4 cm³/mol. The average molecular weight is 245 g/mol. The summed E-state index contributed by atoms with van der Waals surface area (Å²) in [5.41, 5.74) is -0.358. The minimum absolute atomic E-state index is 0.0442. The molecular weight excluding hydrogens is 222 g/mol. The fraction of sp³-hybridized carbons (Fsp3) is 0.833. The number of ketones is 1. The maximum atomic E-state index is 11.6. The van der Waals surface area contributed by atoms with Gasteiger partial charge in [-0.25, -0.2) is 0 Å². The van der Waals surface area contributed by atoms with Gasteiger partial charge in [0.15, 0.2) is 0 Å². The number of hydrogen-bond donors (Lipinski definition) is 3. The second-order valence-electron chi connectivity index (χ2n) is 5.17. The summed E-state index contributed by atoms with van der Waals surface area (Å²) in [6.45, 7) is 5.23. The van der Waals surface area contributed by atoms with Crippen LogP contribution in [0.15, 0.2) is 0 Å². The Bertz CT molecular complexity index is 258. The Kier molecular flexibility index (Phi) is 6.99. The van der Waals surface area contributed by atoms with E-state index in [4.69, 9.17) is 10.2 Å². The largest absolute Gasteiger partial charge is 0.394 e. The van der Waals surface area contributed by atoms with Gasteiger partial charge in [-0.1, -0.05) is 20.8 Å². The molecule has 100 valence electrons. The lowest BCUT2D eigenvalue weighted by Crippen LogP contribution is -2.33. The lowest BCUT2D eigenvalue weighted by molar-refractivity contribution is -0.126. The van der Waals surface area contributed by atoms with E-state index in [1.807, 2.05) is 20.8 Å². The molecule has 0 rings (SSSR count). The summed E-state index contributed by atoms with van der Waals surface area (Å²) in [5.74, 6) is -0.0695. The van der Waals surface area contributed by atoms with Gasteiger partial charge in [-0.2, -0.15) is 0 Å². The molecule has 0 spiro atoms. The highest BCUT2D eigenvalue weighted by molar-refractivity contribution is 5.84. The molecule has 0 saturated carbocycles. The van der Waals surface area contributed by atoms with Crippen molar-refractivity contribution in [3.8, 4) is 0 Å². The van der Waals surface area contributed by atoms with Crippen LogP contribution in [0.4, 0.5) is 0 Å². The molecule has 0 bridgehead atoms. The van der Waals surface area contributed by atoms with Crippen LogP contribution in [0.5, 0.6) is 0 Å². The van der Waals surface area contributed by atoms with Gasteiger partial charge in [0.2, 0.25) is 5.91 Å². The highest BCUT2D eigenvalue weighted by atomic mass is 16.3. The Morgan fingerprint density at radius 3 is 2.29 bits per heavy atom. The third-order valence-electron chi connectivity index (χ3n) is 2.39. The molecule has 3 N–H and O–H groups in total. The third kappa shape index (κ3) is 7.88. The summed E-state index contributed by atoms with van der Waals surface area (Å²) in [4.78, 5) is 22.8. The molecule has 0 aromatic heterocycles. The summed E-state index contributed by atoms with van der Waals surface area (Å²) >= 11 is 0. The summed E-state index contributed by atoms with van der Waals surface area (Å²) in [6, 6.07) is 0. The maximum absolute atomic E-state index is 11.6. The number of aliphatic hydroxyl groups excluding tert-OH is 2. The lowest BCUT2D eigenvalue weighted by atomic mass is 9.88. The zero-order chi connectivity index (χ0) is 13.5. The van der Waals surface area contributed by atoms with Crippen molar-refractivity contribution in [1.82, 2.24) is 5.32 Å². The number of nitrogens with one attached hydrogen (secondary N) is 1. The van der Waals surface area contributed by atoms with Gasteiger partial charge < -0.3 is 15.5 Å². The first-order valence-corrected chi connectivity index (χ1v) is 5.86. The number of rotatable bonds is 7.